The first kappa shape index (κ1) is 15.2. The van der Waals surface area contributed by atoms with Crippen molar-refractivity contribution in [1.82, 2.24) is 5.32 Å². The minimum absolute atomic E-state index is 0.898. The van der Waals surface area contributed by atoms with E-state index in [1.54, 1.807) is 0 Å². The summed E-state index contributed by atoms with van der Waals surface area (Å²) in [6.07, 6.45) is 3.83. The lowest BCUT2D eigenvalue weighted by Crippen LogP contribution is -2.09. The number of hydrogen-bond acceptors (Lipinski definition) is 1. The summed E-state index contributed by atoms with van der Waals surface area (Å²) in [5.74, 6) is 0.898. The second-order valence-electron chi connectivity index (χ2n) is 4.52. The molecular weight excluding hydrogens is 194 g/mol. The molecule has 0 bridgehead atoms. The molecule has 0 saturated heterocycles. The maximum absolute atomic E-state index is 3.12. The van der Waals surface area contributed by atoms with Gasteiger partial charge < -0.3 is 5.32 Å². The van der Waals surface area contributed by atoms with Crippen molar-refractivity contribution >= 4 is 0 Å². The molecule has 0 aliphatic rings. The van der Waals surface area contributed by atoms with Crippen molar-refractivity contribution in [1.29, 1.82) is 0 Å². The van der Waals surface area contributed by atoms with Crippen molar-refractivity contribution in [2.45, 2.75) is 40.0 Å². The van der Waals surface area contributed by atoms with Crippen LogP contribution >= 0.6 is 0 Å². The van der Waals surface area contributed by atoms with E-state index in [0.29, 0.717) is 0 Å². The first-order chi connectivity index (χ1) is 7.70. The Morgan fingerprint density at radius 1 is 1.12 bits per heavy atom. The van der Waals surface area contributed by atoms with Gasteiger partial charge in [-0.15, -0.1) is 0 Å². The summed E-state index contributed by atoms with van der Waals surface area (Å²) >= 11 is 0. The molecule has 0 aliphatic carbocycles. The molecule has 0 fully saturated rings. The zero-order valence-corrected chi connectivity index (χ0v) is 11.3. The van der Waals surface area contributed by atoms with Crippen molar-refractivity contribution < 1.29 is 0 Å². The minimum atomic E-state index is 0.898. The van der Waals surface area contributed by atoms with Gasteiger partial charge in [0.25, 0.3) is 0 Å². The van der Waals surface area contributed by atoms with Crippen LogP contribution in [0.15, 0.2) is 30.3 Å². The van der Waals surface area contributed by atoms with Gasteiger partial charge in [0.05, 0.1) is 0 Å². The van der Waals surface area contributed by atoms with E-state index in [1.807, 2.05) is 13.1 Å². The number of benzene rings is 1. The molecule has 1 nitrogen and oxygen atoms in total. The largest absolute Gasteiger partial charge is 0.319 e. The first-order valence-corrected chi connectivity index (χ1v) is 6.39. The van der Waals surface area contributed by atoms with Crippen molar-refractivity contribution in [3.63, 3.8) is 0 Å². The van der Waals surface area contributed by atoms with Crippen molar-refractivity contribution in [3.8, 4) is 0 Å². The van der Waals surface area contributed by atoms with Crippen LogP contribution in [-0.4, -0.2) is 13.6 Å². The molecule has 92 valence electrons. The zero-order valence-electron chi connectivity index (χ0n) is 11.3. The van der Waals surface area contributed by atoms with E-state index in [1.165, 1.54) is 18.4 Å². The highest BCUT2D eigenvalue weighted by molar-refractivity contribution is 5.14. The minimum Gasteiger partial charge on any atom is -0.319 e. The summed E-state index contributed by atoms with van der Waals surface area (Å²) in [6, 6.07) is 10.5. The monoisotopic (exact) mass is 221 g/mol. The summed E-state index contributed by atoms with van der Waals surface area (Å²) in [5, 5.41) is 3.12. The predicted octanol–water partition coefficient (Wildman–Crippen LogP) is 3.89. The Balaban J connectivity index is 0.000000325. The Kier molecular flexibility index (Phi) is 10.1. The molecule has 1 heteroatoms. The highest BCUT2D eigenvalue weighted by Gasteiger charge is 1.87. The maximum Gasteiger partial charge on any atom is -0.00114 e. The van der Waals surface area contributed by atoms with E-state index in [9.17, 15) is 0 Å². The van der Waals surface area contributed by atoms with Crippen LogP contribution in [0.2, 0.25) is 0 Å². The molecule has 0 radical (unpaired) electrons. The smallest absolute Gasteiger partial charge is 0.00114 e. The Morgan fingerprint density at radius 2 is 1.75 bits per heavy atom. The number of rotatable bonds is 5. The van der Waals surface area contributed by atoms with E-state index in [0.717, 1.165) is 18.9 Å². The van der Waals surface area contributed by atoms with Gasteiger partial charge in [-0.25, -0.2) is 0 Å². The Hall–Kier alpha value is -0.820. The maximum atomic E-state index is 3.12. The Bertz CT molecular complexity index is 228. The topological polar surface area (TPSA) is 12.0 Å². The molecule has 0 aliphatic heterocycles. The number of nitrogens with one attached hydrogen (secondary N) is 1. The molecule has 0 atom stereocenters. The van der Waals surface area contributed by atoms with Gasteiger partial charge in [0, 0.05) is 0 Å². The Morgan fingerprint density at radius 3 is 2.12 bits per heavy atom. The van der Waals surface area contributed by atoms with Crippen molar-refractivity contribution in [2.75, 3.05) is 13.6 Å². The molecule has 1 rings (SSSR count). The first-order valence-electron chi connectivity index (χ1n) is 6.39. The average molecular weight is 221 g/mol. The Labute approximate surface area is 101 Å². The van der Waals surface area contributed by atoms with E-state index in [2.05, 4.69) is 50.4 Å². The summed E-state index contributed by atoms with van der Waals surface area (Å²) in [5.41, 5.74) is 1.40. The number of likely N-dealkylation sites (N-methyl/N-ethyl adjacent to an activating group) is 1. The van der Waals surface area contributed by atoms with Crippen LogP contribution in [0.5, 0.6) is 0 Å². The predicted molar refractivity (Wildman–Crippen MR) is 73.8 cm³/mol. The van der Waals surface area contributed by atoms with E-state index in [4.69, 9.17) is 0 Å². The van der Waals surface area contributed by atoms with Gasteiger partial charge in [-0.2, -0.15) is 0 Å². The molecule has 16 heavy (non-hydrogen) atoms. The lowest BCUT2D eigenvalue weighted by molar-refractivity contribution is 0.576. The van der Waals surface area contributed by atoms with Gasteiger partial charge in [-0.1, -0.05) is 63.9 Å². The lowest BCUT2D eigenvalue weighted by Gasteiger charge is -1.97. The molecule has 0 heterocycles. The molecule has 1 N–H and O–H groups in total. The number of hydrogen-bond donors (Lipinski definition) is 1. The molecule has 0 aromatic heterocycles. The molecule has 1 aromatic carbocycles. The standard InChI is InChI=1S/C9H13N.C6H14/c1-10-8-7-9-5-3-2-4-6-9;1-4-5-6(2)3/h2-6,10H,7-8H2,1H3;6H,4-5H2,1-3H3. The normalized spacial score (nSPS) is 9.81. The summed E-state index contributed by atoms with van der Waals surface area (Å²) in [7, 11) is 1.98. The van der Waals surface area contributed by atoms with Gasteiger partial charge in [0.15, 0.2) is 0 Å². The van der Waals surface area contributed by atoms with Crippen LogP contribution in [0.3, 0.4) is 0 Å². The van der Waals surface area contributed by atoms with E-state index >= 15 is 0 Å². The second-order valence-corrected chi connectivity index (χ2v) is 4.52. The fourth-order valence-corrected chi connectivity index (χ4v) is 1.49. The summed E-state index contributed by atoms with van der Waals surface area (Å²) in [6.45, 7) is 7.79. The van der Waals surface area contributed by atoms with E-state index < -0.39 is 0 Å². The molecule has 1 aromatic rings. The van der Waals surface area contributed by atoms with E-state index in [-0.39, 0.29) is 0 Å². The van der Waals surface area contributed by atoms with Gasteiger partial charge >= 0.3 is 0 Å². The van der Waals surface area contributed by atoms with Crippen molar-refractivity contribution in [3.05, 3.63) is 35.9 Å². The third-order valence-corrected chi connectivity index (χ3v) is 2.37. The van der Waals surface area contributed by atoms with Crippen LogP contribution in [-0.2, 0) is 6.42 Å². The fourth-order valence-electron chi connectivity index (χ4n) is 1.49. The zero-order chi connectivity index (χ0) is 12.2. The van der Waals surface area contributed by atoms with Gasteiger partial charge in [0.1, 0.15) is 0 Å². The van der Waals surface area contributed by atoms with Crippen LogP contribution in [0.25, 0.3) is 0 Å². The van der Waals surface area contributed by atoms with Crippen LogP contribution in [0.4, 0.5) is 0 Å². The molecule has 0 amide bonds. The van der Waals surface area contributed by atoms with Crippen LogP contribution < -0.4 is 5.32 Å². The molecular formula is C15H27N. The average Bonchev–Trinajstić information content (AvgIpc) is 2.28. The van der Waals surface area contributed by atoms with Crippen LogP contribution in [0.1, 0.15) is 39.2 Å². The van der Waals surface area contributed by atoms with Gasteiger partial charge in [-0.05, 0) is 31.5 Å². The highest BCUT2D eigenvalue weighted by atomic mass is 14.8. The lowest BCUT2D eigenvalue weighted by atomic mass is 10.1. The highest BCUT2D eigenvalue weighted by Crippen LogP contribution is 2.00. The third-order valence-electron chi connectivity index (χ3n) is 2.37. The van der Waals surface area contributed by atoms with Gasteiger partial charge in [-0.3, -0.25) is 0 Å². The molecule has 0 saturated carbocycles. The fraction of sp³-hybridized carbons (Fsp3) is 0.600. The van der Waals surface area contributed by atoms with Gasteiger partial charge in [0.2, 0.25) is 0 Å². The molecule has 0 unspecified atom stereocenters. The summed E-state index contributed by atoms with van der Waals surface area (Å²) < 4.78 is 0. The van der Waals surface area contributed by atoms with Crippen LogP contribution in [0, 0.1) is 5.92 Å². The van der Waals surface area contributed by atoms with Crippen molar-refractivity contribution in [2.24, 2.45) is 5.92 Å². The second kappa shape index (κ2) is 10.7. The molecule has 0 spiro atoms. The summed E-state index contributed by atoms with van der Waals surface area (Å²) in [4.78, 5) is 0. The third kappa shape index (κ3) is 9.72. The quantitative estimate of drug-likeness (QED) is 0.795. The SMILES string of the molecule is CCCC(C)C.CNCCc1ccccc1.